The van der Waals surface area contributed by atoms with Crippen molar-refractivity contribution in [2.75, 3.05) is 0 Å². The van der Waals surface area contributed by atoms with Crippen LogP contribution in [0, 0.1) is 11.3 Å². The van der Waals surface area contributed by atoms with Gasteiger partial charge in [0, 0.05) is 16.0 Å². The van der Waals surface area contributed by atoms with Crippen molar-refractivity contribution in [3.8, 4) is 0 Å². The lowest BCUT2D eigenvalue weighted by Gasteiger charge is -2.35. The molecule has 3 atom stereocenters. The van der Waals surface area contributed by atoms with Gasteiger partial charge in [-0.2, -0.15) is 0 Å². The van der Waals surface area contributed by atoms with Gasteiger partial charge in [-0.05, 0) is 33.3 Å². The molecule has 4 nitrogen and oxygen atoms in total. The molecule has 1 heterocycles. The summed E-state index contributed by atoms with van der Waals surface area (Å²) in [5, 5.41) is 10.7. The summed E-state index contributed by atoms with van der Waals surface area (Å²) in [4.78, 5) is 24.9. The molecule has 2 aliphatic carbocycles. The molecule has 0 aromatic heterocycles. The van der Waals surface area contributed by atoms with Crippen LogP contribution in [0.4, 0.5) is 0 Å². The largest absolute Gasteiger partial charge is 0.358 e. The number of carbonyl (C=O) groups is 2. The van der Waals surface area contributed by atoms with Crippen molar-refractivity contribution < 1.29 is 19.4 Å². The molecule has 0 bridgehead atoms. The molecule has 5 heteroatoms. The van der Waals surface area contributed by atoms with E-state index in [1.165, 1.54) is 6.08 Å². The monoisotopic (exact) mass is 326 g/mol. The van der Waals surface area contributed by atoms with E-state index in [1.54, 1.807) is 13.0 Å². The molecule has 1 saturated heterocycles. The number of aliphatic hydroxyl groups is 1. The second-order valence-corrected chi connectivity index (χ2v) is 6.82. The third-order valence-electron chi connectivity index (χ3n) is 4.59. The van der Waals surface area contributed by atoms with E-state index in [0.717, 1.165) is 0 Å². The lowest BCUT2D eigenvalue weighted by molar-refractivity contribution is -0.238. The van der Waals surface area contributed by atoms with Crippen LogP contribution in [0.1, 0.15) is 27.2 Å². The van der Waals surface area contributed by atoms with Gasteiger partial charge in [-0.15, -0.1) is 0 Å². The first-order valence-electron chi connectivity index (χ1n) is 6.26. The Labute approximate surface area is 119 Å². The van der Waals surface area contributed by atoms with Crippen LogP contribution in [-0.4, -0.2) is 28.1 Å². The van der Waals surface area contributed by atoms with Crippen molar-refractivity contribution in [3.05, 3.63) is 22.2 Å². The molecule has 1 saturated carbocycles. The fraction of sp³-hybridized carbons (Fsp3) is 0.571. The average molecular weight is 327 g/mol. The zero-order valence-corrected chi connectivity index (χ0v) is 12.6. The second kappa shape index (κ2) is 3.45. The minimum Gasteiger partial charge on any atom is -0.358 e. The Morgan fingerprint density at radius 3 is 2.68 bits per heavy atom. The first kappa shape index (κ1) is 13.2. The van der Waals surface area contributed by atoms with Gasteiger partial charge in [-0.3, -0.25) is 9.59 Å². The van der Waals surface area contributed by atoms with Crippen LogP contribution >= 0.6 is 15.9 Å². The minimum atomic E-state index is -2.01. The van der Waals surface area contributed by atoms with Crippen LogP contribution in [0.2, 0.25) is 0 Å². The maximum absolute atomic E-state index is 12.5. The van der Waals surface area contributed by atoms with Crippen molar-refractivity contribution in [1.82, 2.24) is 0 Å². The van der Waals surface area contributed by atoms with Crippen molar-refractivity contribution >= 4 is 27.5 Å². The molecule has 1 aliphatic heterocycles. The molecular formula is C14H15BrO4. The van der Waals surface area contributed by atoms with Gasteiger partial charge in [-0.1, -0.05) is 22.0 Å². The normalized spacial score (nSPS) is 43.7. The standard InChI is InChI=1S/C14H15BrO4/c1-4-8(15)7-5-10(16)13-6-9(13)12(2,3)19-14(13,18)11(7)17/h4-5,9,18H,6H2,1-3H3/b8-4-/t9-,13?,14+/m0/s1. The highest BCUT2D eigenvalue weighted by Gasteiger charge is 2.84. The van der Waals surface area contributed by atoms with Crippen LogP contribution in [0.15, 0.2) is 22.2 Å². The van der Waals surface area contributed by atoms with E-state index in [2.05, 4.69) is 15.9 Å². The molecule has 1 N–H and O–H groups in total. The molecule has 0 aromatic rings. The molecule has 2 fully saturated rings. The molecule has 102 valence electrons. The topological polar surface area (TPSA) is 63.6 Å². The highest BCUT2D eigenvalue weighted by atomic mass is 79.9. The number of rotatable bonds is 1. The van der Waals surface area contributed by atoms with Gasteiger partial charge >= 0.3 is 0 Å². The molecule has 1 unspecified atom stereocenters. The smallest absolute Gasteiger partial charge is 0.245 e. The maximum Gasteiger partial charge on any atom is 0.245 e. The van der Waals surface area contributed by atoms with Crippen molar-refractivity contribution in [1.29, 1.82) is 0 Å². The summed E-state index contributed by atoms with van der Waals surface area (Å²) in [5.41, 5.74) is -1.53. The van der Waals surface area contributed by atoms with Gasteiger partial charge in [-0.25, -0.2) is 0 Å². The summed E-state index contributed by atoms with van der Waals surface area (Å²) in [7, 11) is 0. The molecule has 3 rings (SSSR count). The zero-order chi connectivity index (χ0) is 14.2. The quantitative estimate of drug-likeness (QED) is 0.799. The highest BCUT2D eigenvalue weighted by Crippen LogP contribution is 2.73. The van der Waals surface area contributed by atoms with Crippen LogP contribution in [-0.2, 0) is 14.3 Å². The fourth-order valence-electron chi connectivity index (χ4n) is 3.55. The third-order valence-corrected chi connectivity index (χ3v) is 5.48. The summed E-state index contributed by atoms with van der Waals surface area (Å²) >= 11 is 3.24. The lowest BCUT2D eigenvalue weighted by atomic mass is 9.77. The molecule has 0 amide bonds. The Morgan fingerprint density at radius 2 is 2.16 bits per heavy atom. The first-order chi connectivity index (χ1) is 8.70. The summed E-state index contributed by atoms with van der Waals surface area (Å²) in [6.07, 6.45) is 3.52. The number of hydrogen-bond acceptors (Lipinski definition) is 4. The Bertz CT molecular complexity index is 574. The van der Waals surface area contributed by atoms with Gasteiger partial charge in [0.1, 0.15) is 5.41 Å². The van der Waals surface area contributed by atoms with Gasteiger partial charge in [0.15, 0.2) is 5.78 Å². The number of hydrogen-bond donors (Lipinski definition) is 1. The minimum absolute atomic E-state index is 0.0939. The second-order valence-electron chi connectivity index (χ2n) is 5.97. The first-order valence-corrected chi connectivity index (χ1v) is 7.05. The van der Waals surface area contributed by atoms with Crippen LogP contribution in [0.5, 0.6) is 0 Å². The highest BCUT2D eigenvalue weighted by molar-refractivity contribution is 9.12. The summed E-state index contributed by atoms with van der Waals surface area (Å²) in [6, 6.07) is 0. The third kappa shape index (κ3) is 1.31. The fourth-order valence-corrected chi connectivity index (χ4v) is 3.84. The SMILES string of the molecule is C/C=C(\Br)C1=CC(=O)C23C[C@H]2C(C)(C)O[C@]3(O)C1=O. The molecular weight excluding hydrogens is 312 g/mol. The predicted octanol–water partition coefficient (Wildman–Crippen LogP) is 1.87. The summed E-state index contributed by atoms with van der Waals surface area (Å²) in [5.74, 6) is -2.84. The number of ketones is 2. The molecule has 19 heavy (non-hydrogen) atoms. The van der Waals surface area contributed by atoms with E-state index in [4.69, 9.17) is 4.74 Å². The molecule has 3 aliphatic rings. The zero-order valence-electron chi connectivity index (χ0n) is 11.0. The van der Waals surface area contributed by atoms with Crippen molar-refractivity contribution in [2.45, 2.75) is 38.6 Å². The van der Waals surface area contributed by atoms with Gasteiger partial charge in [0.2, 0.25) is 11.6 Å². The Morgan fingerprint density at radius 1 is 1.53 bits per heavy atom. The predicted molar refractivity (Wildman–Crippen MR) is 71.4 cm³/mol. The molecule has 0 aromatic carbocycles. The van der Waals surface area contributed by atoms with E-state index in [1.807, 2.05) is 13.8 Å². The van der Waals surface area contributed by atoms with E-state index < -0.39 is 22.6 Å². The van der Waals surface area contributed by atoms with Crippen LogP contribution in [0.3, 0.4) is 0 Å². The number of halogens is 1. The van der Waals surface area contributed by atoms with E-state index in [-0.39, 0.29) is 17.3 Å². The van der Waals surface area contributed by atoms with Gasteiger partial charge < -0.3 is 9.84 Å². The number of Topliss-reactive ketones (excluding diaryl/α,β-unsaturated/α-hetero) is 1. The van der Waals surface area contributed by atoms with E-state index in [0.29, 0.717) is 10.9 Å². The average Bonchev–Trinajstić information content (AvgIpc) is 3.05. The van der Waals surface area contributed by atoms with E-state index in [9.17, 15) is 14.7 Å². The van der Waals surface area contributed by atoms with E-state index >= 15 is 0 Å². The van der Waals surface area contributed by atoms with Crippen molar-refractivity contribution in [3.63, 3.8) is 0 Å². The Hall–Kier alpha value is -0.780. The summed E-state index contributed by atoms with van der Waals surface area (Å²) in [6.45, 7) is 5.37. The number of carbonyl (C=O) groups excluding carboxylic acids is 2. The number of ether oxygens (including phenoxy) is 1. The maximum atomic E-state index is 12.5. The van der Waals surface area contributed by atoms with Crippen LogP contribution < -0.4 is 0 Å². The van der Waals surface area contributed by atoms with Crippen LogP contribution in [0.25, 0.3) is 0 Å². The lowest BCUT2D eigenvalue weighted by Crippen LogP contribution is -2.54. The van der Waals surface area contributed by atoms with Gasteiger partial charge in [0.25, 0.3) is 0 Å². The number of allylic oxidation sites excluding steroid dienone is 3. The molecule has 0 radical (unpaired) electrons. The Balaban J connectivity index is 2.16. The Kier molecular flexibility index (Phi) is 2.40. The van der Waals surface area contributed by atoms with Gasteiger partial charge in [0.05, 0.1) is 5.60 Å². The molecule has 1 spiro atoms. The van der Waals surface area contributed by atoms with Crippen molar-refractivity contribution in [2.24, 2.45) is 11.3 Å². The summed E-state index contributed by atoms with van der Waals surface area (Å²) < 4.78 is 6.10.